The van der Waals surface area contributed by atoms with E-state index in [-0.39, 0.29) is 11.9 Å². The number of halogens is 1. The molecule has 100 valence electrons. The summed E-state index contributed by atoms with van der Waals surface area (Å²) >= 11 is 0. The van der Waals surface area contributed by atoms with Gasteiger partial charge in [0.2, 0.25) is 0 Å². The molecule has 19 heavy (non-hydrogen) atoms. The summed E-state index contributed by atoms with van der Waals surface area (Å²) in [5.41, 5.74) is 1.60. The van der Waals surface area contributed by atoms with Crippen molar-refractivity contribution in [1.29, 1.82) is 0 Å². The number of hydrogen-bond acceptors (Lipinski definition) is 3. The van der Waals surface area contributed by atoms with E-state index in [1.165, 1.54) is 12.4 Å². The van der Waals surface area contributed by atoms with Crippen LogP contribution in [0.1, 0.15) is 44.0 Å². The van der Waals surface area contributed by atoms with Gasteiger partial charge in [-0.3, -0.25) is 0 Å². The third-order valence-corrected chi connectivity index (χ3v) is 3.02. The van der Waals surface area contributed by atoms with Gasteiger partial charge in [-0.15, -0.1) is 0 Å². The van der Waals surface area contributed by atoms with Gasteiger partial charge in [-0.05, 0) is 18.9 Å². The third-order valence-electron chi connectivity index (χ3n) is 3.02. The van der Waals surface area contributed by atoms with Crippen LogP contribution in [0.5, 0.6) is 0 Å². The zero-order chi connectivity index (χ0) is 13.8. The summed E-state index contributed by atoms with van der Waals surface area (Å²) in [6.45, 7) is 6.06. The minimum absolute atomic E-state index is 0.142. The maximum atomic E-state index is 13.7. The highest BCUT2D eigenvalue weighted by Crippen LogP contribution is 2.21. The van der Waals surface area contributed by atoms with Crippen LogP contribution in [0.15, 0.2) is 36.7 Å². The van der Waals surface area contributed by atoms with Crippen LogP contribution in [0.25, 0.3) is 0 Å². The molecule has 0 radical (unpaired) electrons. The van der Waals surface area contributed by atoms with E-state index in [9.17, 15) is 4.39 Å². The van der Waals surface area contributed by atoms with Crippen molar-refractivity contribution in [2.45, 2.75) is 32.7 Å². The average molecular weight is 259 g/mol. The lowest BCUT2D eigenvalue weighted by molar-refractivity contribution is 0.600. The number of nitrogens with zero attached hydrogens (tertiary/aromatic N) is 2. The molecule has 1 aromatic heterocycles. The third kappa shape index (κ3) is 3.28. The molecular weight excluding hydrogens is 241 g/mol. The molecule has 0 aliphatic carbocycles. The second-order valence-electron chi connectivity index (χ2n) is 4.87. The summed E-state index contributed by atoms with van der Waals surface area (Å²) in [4.78, 5) is 8.38. The number of rotatable bonds is 4. The first-order valence-electron chi connectivity index (χ1n) is 6.41. The fourth-order valence-corrected chi connectivity index (χ4v) is 1.89. The molecule has 1 atom stereocenters. The molecule has 4 heteroatoms. The molecule has 0 saturated carbocycles. The minimum Gasteiger partial charge on any atom is -0.363 e. The van der Waals surface area contributed by atoms with Gasteiger partial charge in [0.05, 0.1) is 6.04 Å². The number of aromatic nitrogens is 2. The topological polar surface area (TPSA) is 37.8 Å². The van der Waals surface area contributed by atoms with E-state index >= 15 is 0 Å². The normalized spacial score (nSPS) is 12.5. The van der Waals surface area contributed by atoms with Crippen molar-refractivity contribution in [3.05, 3.63) is 53.7 Å². The van der Waals surface area contributed by atoms with E-state index < -0.39 is 0 Å². The minimum atomic E-state index is -0.208. The Hall–Kier alpha value is -1.97. The van der Waals surface area contributed by atoms with Crippen molar-refractivity contribution in [1.82, 2.24) is 9.97 Å². The van der Waals surface area contributed by atoms with Crippen LogP contribution in [0.3, 0.4) is 0 Å². The molecule has 1 unspecified atom stereocenters. The summed E-state index contributed by atoms with van der Waals surface area (Å²) in [6, 6.07) is 8.52. The molecule has 1 N–H and O–H groups in total. The van der Waals surface area contributed by atoms with E-state index in [1.807, 2.05) is 19.1 Å². The van der Waals surface area contributed by atoms with Gasteiger partial charge < -0.3 is 5.32 Å². The fraction of sp³-hybridized carbons (Fsp3) is 0.333. The summed E-state index contributed by atoms with van der Waals surface area (Å²) < 4.78 is 13.7. The van der Waals surface area contributed by atoms with Crippen LogP contribution < -0.4 is 5.32 Å². The number of anilines is 1. The van der Waals surface area contributed by atoms with Crippen molar-refractivity contribution in [2.75, 3.05) is 5.32 Å². The van der Waals surface area contributed by atoms with Gasteiger partial charge in [0.15, 0.2) is 0 Å². The average Bonchev–Trinajstić information content (AvgIpc) is 2.39. The van der Waals surface area contributed by atoms with Crippen molar-refractivity contribution in [3.63, 3.8) is 0 Å². The molecule has 0 spiro atoms. The molecule has 0 saturated heterocycles. The molecule has 0 fully saturated rings. The van der Waals surface area contributed by atoms with Gasteiger partial charge in [-0.2, -0.15) is 0 Å². The number of nitrogens with one attached hydrogen (secondary N) is 1. The van der Waals surface area contributed by atoms with Crippen molar-refractivity contribution < 1.29 is 4.39 Å². The second-order valence-corrected chi connectivity index (χ2v) is 4.87. The monoisotopic (exact) mass is 259 g/mol. The van der Waals surface area contributed by atoms with E-state index in [1.54, 1.807) is 12.1 Å². The van der Waals surface area contributed by atoms with Crippen LogP contribution in [-0.2, 0) is 0 Å². The zero-order valence-corrected chi connectivity index (χ0v) is 11.4. The van der Waals surface area contributed by atoms with Crippen molar-refractivity contribution >= 4 is 5.82 Å². The molecule has 0 bridgehead atoms. The molecule has 2 aromatic rings. The van der Waals surface area contributed by atoms with Gasteiger partial charge >= 0.3 is 0 Å². The molecular formula is C15H18FN3. The Morgan fingerprint density at radius 3 is 2.53 bits per heavy atom. The van der Waals surface area contributed by atoms with Crippen molar-refractivity contribution in [2.24, 2.45) is 0 Å². The first kappa shape index (κ1) is 13.5. The molecule has 3 nitrogen and oxygen atoms in total. The number of hydrogen-bond donors (Lipinski definition) is 1. The lowest BCUT2D eigenvalue weighted by Crippen LogP contribution is -2.10. The molecule has 0 aliphatic rings. The maximum absolute atomic E-state index is 13.7. The van der Waals surface area contributed by atoms with E-state index in [4.69, 9.17) is 0 Å². The predicted octanol–water partition coefficient (Wildman–Crippen LogP) is 3.91. The molecule has 1 heterocycles. The molecule has 0 aliphatic heterocycles. The highest BCUT2D eigenvalue weighted by Gasteiger charge is 2.11. The van der Waals surface area contributed by atoms with E-state index in [0.717, 1.165) is 11.5 Å². The molecule has 2 rings (SSSR count). The van der Waals surface area contributed by atoms with E-state index in [2.05, 4.69) is 29.1 Å². The lowest BCUT2D eigenvalue weighted by atomic mass is 10.1. The summed E-state index contributed by atoms with van der Waals surface area (Å²) in [5.74, 6) is 0.849. The van der Waals surface area contributed by atoms with Gasteiger partial charge in [0.25, 0.3) is 0 Å². The highest BCUT2D eigenvalue weighted by atomic mass is 19.1. The van der Waals surface area contributed by atoms with Gasteiger partial charge in [0.1, 0.15) is 18.0 Å². The van der Waals surface area contributed by atoms with Crippen LogP contribution in [0.4, 0.5) is 10.2 Å². The standard InChI is InChI=1S/C15H18FN3/c1-10(2)14-8-15(18-9-17-14)19-11(3)12-6-4-5-7-13(12)16/h4-11H,1-3H3,(H,17,18,19). The smallest absolute Gasteiger partial charge is 0.130 e. The SMILES string of the molecule is CC(C)c1cc(NC(C)c2ccccc2F)ncn1. The Kier molecular flexibility index (Phi) is 4.10. The van der Waals surface area contributed by atoms with Crippen LogP contribution in [0.2, 0.25) is 0 Å². The Balaban J connectivity index is 2.17. The van der Waals surface area contributed by atoms with Gasteiger partial charge in [-0.25, -0.2) is 14.4 Å². The summed E-state index contributed by atoms with van der Waals surface area (Å²) in [6.07, 6.45) is 1.53. The Morgan fingerprint density at radius 1 is 1.11 bits per heavy atom. The van der Waals surface area contributed by atoms with Crippen LogP contribution >= 0.6 is 0 Å². The predicted molar refractivity (Wildman–Crippen MR) is 74.6 cm³/mol. The molecule has 0 amide bonds. The summed E-state index contributed by atoms with van der Waals surface area (Å²) in [5, 5.41) is 3.20. The zero-order valence-electron chi connectivity index (χ0n) is 11.4. The quantitative estimate of drug-likeness (QED) is 0.904. The Labute approximate surface area is 112 Å². The van der Waals surface area contributed by atoms with Crippen LogP contribution in [-0.4, -0.2) is 9.97 Å². The maximum Gasteiger partial charge on any atom is 0.130 e. The first-order valence-corrected chi connectivity index (χ1v) is 6.41. The van der Waals surface area contributed by atoms with Crippen LogP contribution in [0, 0.1) is 5.82 Å². The van der Waals surface area contributed by atoms with Gasteiger partial charge in [0, 0.05) is 17.3 Å². The number of benzene rings is 1. The largest absolute Gasteiger partial charge is 0.363 e. The van der Waals surface area contributed by atoms with E-state index in [0.29, 0.717) is 11.5 Å². The van der Waals surface area contributed by atoms with Crippen molar-refractivity contribution in [3.8, 4) is 0 Å². The fourth-order valence-electron chi connectivity index (χ4n) is 1.89. The second kappa shape index (κ2) is 5.78. The first-order chi connectivity index (χ1) is 9.08. The Morgan fingerprint density at radius 2 is 1.84 bits per heavy atom. The lowest BCUT2D eigenvalue weighted by Gasteiger charge is -2.16. The van der Waals surface area contributed by atoms with Gasteiger partial charge in [-0.1, -0.05) is 32.0 Å². The summed E-state index contributed by atoms with van der Waals surface area (Å²) in [7, 11) is 0. The highest BCUT2D eigenvalue weighted by molar-refractivity contribution is 5.39. The molecule has 1 aromatic carbocycles. The Bertz CT molecular complexity index is 555.